The molecule has 0 aromatic rings. The number of piperidine rings is 1. The van der Waals surface area contributed by atoms with Gasteiger partial charge in [0.05, 0.1) is 43.2 Å². The number of allylic oxidation sites excluding steroid dienone is 2. The first-order chi connectivity index (χ1) is 28.6. The van der Waals surface area contributed by atoms with Crippen LogP contribution >= 0.6 is 0 Å². The maximum atomic E-state index is 12.5. The molecule has 22 unspecified atom stereocenters. The molecule has 1 spiro atoms. The van der Waals surface area contributed by atoms with Crippen LogP contribution in [0.1, 0.15) is 122 Å². The van der Waals surface area contributed by atoms with Gasteiger partial charge in [-0.1, -0.05) is 50.2 Å². The quantitative estimate of drug-likeness (QED) is 0.155. The second kappa shape index (κ2) is 16.9. The van der Waals surface area contributed by atoms with E-state index in [9.17, 15) is 15.0 Å². The number of carbonyl (C=O) groups excluding carboxylic acids is 1. The van der Waals surface area contributed by atoms with Gasteiger partial charge in [-0.2, -0.15) is 0 Å². The summed E-state index contributed by atoms with van der Waals surface area (Å²) < 4.78 is 26.2. The van der Waals surface area contributed by atoms with Gasteiger partial charge in [0.2, 0.25) is 0 Å². The number of quaternary nitrogens is 1. The number of fused-ring (bicyclic) bond motifs is 7. The van der Waals surface area contributed by atoms with Crippen molar-refractivity contribution in [1.29, 1.82) is 0 Å². The largest absolute Gasteiger partial charge is 0.465 e. The molecule has 6 saturated carbocycles. The lowest BCUT2D eigenvalue weighted by Crippen LogP contribution is -3.01. The fourth-order valence-corrected chi connectivity index (χ4v) is 17.5. The van der Waals surface area contributed by atoms with Crippen LogP contribution in [-0.4, -0.2) is 85.8 Å². The Bertz CT molecular complexity index is 1610. The van der Waals surface area contributed by atoms with Gasteiger partial charge in [0.25, 0.3) is 0 Å². The lowest BCUT2D eigenvalue weighted by atomic mass is 9.45. The molecule has 9 heteroatoms. The van der Waals surface area contributed by atoms with E-state index in [1.807, 2.05) is 7.11 Å². The van der Waals surface area contributed by atoms with E-state index >= 15 is 0 Å². The summed E-state index contributed by atoms with van der Waals surface area (Å²) in [6.07, 6.45) is 24.4. The maximum absolute atomic E-state index is 12.5. The zero-order chi connectivity index (χ0) is 40.6. The highest BCUT2D eigenvalue weighted by Gasteiger charge is 2.67. The fourth-order valence-electron chi connectivity index (χ4n) is 17.5. The summed E-state index contributed by atoms with van der Waals surface area (Å²) in [4.78, 5) is 12.5. The zero-order valence-electron chi connectivity index (χ0n) is 36.4. The Hall–Kier alpha value is -1.51. The number of methoxy groups -OCH3 is 2. The van der Waals surface area contributed by atoms with Gasteiger partial charge in [0.1, 0.15) is 6.17 Å². The Morgan fingerprint density at radius 1 is 0.847 bits per heavy atom. The van der Waals surface area contributed by atoms with Crippen molar-refractivity contribution < 1.29 is 39.3 Å². The first-order valence-corrected chi connectivity index (χ1v) is 24.6. The van der Waals surface area contributed by atoms with Crippen molar-refractivity contribution in [3.63, 3.8) is 0 Å². The summed E-state index contributed by atoms with van der Waals surface area (Å²) in [7, 11) is 3.61. The number of aliphatic hydroxyl groups excluding tert-OH is 2. The van der Waals surface area contributed by atoms with Crippen LogP contribution in [0.2, 0.25) is 0 Å². The van der Waals surface area contributed by atoms with Crippen molar-refractivity contribution in [3.05, 3.63) is 12.2 Å². The van der Waals surface area contributed by atoms with E-state index in [1.54, 1.807) is 14.0 Å². The van der Waals surface area contributed by atoms with Crippen LogP contribution in [-0.2, 0) is 23.7 Å². The third-order valence-electron chi connectivity index (χ3n) is 19.5. The Balaban J connectivity index is 1.10. The SMILES string of the molecule is COC1CC2C(CC#CC3[NH2+]C(N)CC4C=CC(CC5CCCCC5)C(C5CCC6(CC7CC(O)CC(OC)C7C7CCC8C(COC(C)=O)C2OC8C76)C5)C43)CC1O. The molecular weight excluding hydrogens is 741 g/mol. The number of nitrogens with two attached hydrogens (primary N) is 2. The Kier molecular flexibility index (Phi) is 11.9. The van der Waals surface area contributed by atoms with E-state index in [4.69, 9.17) is 24.7 Å². The van der Waals surface area contributed by atoms with Crippen molar-refractivity contribution in [2.75, 3.05) is 20.8 Å². The molecule has 22 atom stereocenters. The first kappa shape index (κ1) is 41.5. The molecule has 0 amide bonds. The predicted molar refractivity (Wildman–Crippen MR) is 224 cm³/mol. The van der Waals surface area contributed by atoms with Gasteiger partial charge in [-0.3, -0.25) is 10.5 Å². The van der Waals surface area contributed by atoms with Gasteiger partial charge in [-0.15, -0.1) is 0 Å². The minimum Gasteiger partial charge on any atom is -0.465 e. The normalized spacial score (nSPS) is 52.7. The van der Waals surface area contributed by atoms with Crippen LogP contribution in [0.3, 0.4) is 0 Å². The van der Waals surface area contributed by atoms with E-state index in [2.05, 4.69) is 29.3 Å². The summed E-state index contributed by atoms with van der Waals surface area (Å²) in [5, 5.41) is 25.3. The van der Waals surface area contributed by atoms with Crippen LogP contribution in [0.4, 0.5) is 0 Å². The van der Waals surface area contributed by atoms with Crippen LogP contribution < -0.4 is 11.1 Å². The van der Waals surface area contributed by atoms with Gasteiger partial charge >= 0.3 is 5.97 Å². The molecule has 2 saturated heterocycles. The highest BCUT2D eigenvalue weighted by atomic mass is 16.5. The molecule has 8 fully saturated rings. The molecule has 4 bridgehead atoms. The van der Waals surface area contributed by atoms with Crippen molar-refractivity contribution in [3.8, 4) is 11.8 Å². The van der Waals surface area contributed by atoms with E-state index in [1.165, 1.54) is 57.8 Å². The van der Waals surface area contributed by atoms with Crippen LogP contribution in [0.15, 0.2) is 12.2 Å². The van der Waals surface area contributed by atoms with E-state index in [0.29, 0.717) is 72.2 Å². The van der Waals surface area contributed by atoms with Gasteiger partial charge in [-0.25, -0.2) is 0 Å². The summed E-state index contributed by atoms with van der Waals surface area (Å²) in [5.74, 6) is 13.6. The van der Waals surface area contributed by atoms with Gasteiger partial charge in [-0.05, 0) is 153 Å². The standard InChI is InChI=1S/C50H76N2O7/c1-27(53)58-26-38-35-14-15-36-45-33(19-34(54)22-42(45)57-3)25-50-17-16-32(24-50)44-30(18-28-8-5-4-6-9-28)12-13-31-21-43(51)52-39(46(31)44)11-7-10-29-20-40(55)41(56-2)23-37(29)48(38)59-49(35)47(36)50/h12-13,28-49,52,54-55H,4-6,8-10,14-26,51H2,1-3H3/p+1. The minimum atomic E-state index is -0.542. The predicted octanol–water partition coefficient (Wildman–Crippen LogP) is 5.60. The van der Waals surface area contributed by atoms with Crippen molar-refractivity contribution >= 4 is 5.97 Å². The lowest BCUT2D eigenvalue weighted by Gasteiger charge is -2.61. The molecule has 3 aliphatic heterocycles. The molecule has 0 radical (unpaired) electrons. The average Bonchev–Trinajstić information content (AvgIpc) is 3.81. The minimum absolute atomic E-state index is 0.0484. The molecule has 3 heterocycles. The molecule has 7 aliphatic carbocycles. The molecule has 9 nitrogen and oxygen atoms in total. The second-order valence-corrected chi connectivity index (χ2v) is 22.3. The number of carbonyl (C=O) groups is 1. The molecule has 10 rings (SSSR count). The van der Waals surface area contributed by atoms with Crippen molar-refractivity contribution in [1.82, 2.24) is 0 Å². The Labute approximate surface area is 354 Å². The lowest BCUT2D eigenvalue weighted by molar-refractivity contribution is -0.728. The van der Waals surface area contributed by atoms with Gasteiger partial charge in [0.15, 0.2) is 6.04 Å². The van der Waals surface area contributed by atoms with E-state index in [0.717, 1.165) is 57.3 Å². The fraction of sp³-hybridized carbons (Fsp3) is 0.900. The molecule has 328 valence electrons. The topological polar surface area (TPSA) is 137 Å². The van der Waals surface area contributed by atoms with Crippen LogP contribution in [0, 0.1) is 100 Å². The van der Waals surface area contributed by atoms with E-state index in [-0.39, 0.29) is 71.9 Å². The second-order valence-electron chi connectivity index (χ2n) is 22.3. The Morgan fingerprint density at radius 2 is 1.64 bits per heavy atom. The Morgan fingerprint density at radius 3 is 2.44 bits per heavy atom. The van der Waals surface area contributed by atoms with E-state index < -0.39 is 6.10 Å². The number of rotatable bonds is 6. The summed E-state index contributed by atoms with van der Waals surface area (Å²) in [5.41, 5.74) is 7.04. The zero-order valence-corrected chi connectivity index (χ0v) is 36.4. The summed E-state index contributed by atoms with van der Waals surface area (Å²) >= 11 is 0. The number of esters is 1. The first-order valence-electron chi connectivity index (χ1n) is 24.6. The number of hydrogen-bond donors (Lipinski definition) is 4. The molecular formula is C50H77N2O7+. The highest BCUT2D eigenvalue weighted by Crippen LogP contribution is 2.69. The van der Waals surface area contributed by atoms with Gasteiger partial charge < -0.3 is 34.5 Å². The molecule has 6 N–H and O–H groups in total. The third-order valence-corrected chi connectivity index (χ3v) is 19.5. The monoisotopic (exact) mass is 818 g/mol. The molecule has 0 aromatic carbocycles. The number of hydrogen-bond acceptors (Lipinski definition) is 8. The van der Waals surface area contributed by atoms with Gasteiger partial charge in [0, 0.05) is 45.8 Å². The van der Waals surface area contributed by atoms with Crippen LogP contribution in [0.25, 0.3) is 0 Å². The maximum Gasteiger partial charge on any atom is 0.302 e. The number of ether oxygens (including phenoxy) is 4. The van der Waals surface area contributed by atoms with Crippen molar-refractivity contribution in [2.45, 2.75) is 171 Å². The average molecular weight is 818 g/mol. The molecule has 10 aliphatic rings. The third kappa shape index (κ3) is 7.51. The molecule has 0 aromatic heterocycles. The molecule has 59 heavy (non-hydrogen) atoms. The smallest absolute Gasteiger partial charge is 0.302 e. The summed E-state index contributed by atoms with van der Waals surface area (Å²) in [6, 6.07) is 0.163. The van der Waals surface area contributed by atoms with Crippen molar-refractivity contribution in [2.24, 2.45) is 94.0 Å². The van der Waals surface area contributed by atoms with Crippen LogP contribution in [0.5, 0.6) is 0 Å². The number of aliphatic hydroxyl groups is 2. The highest BCUT2D eigenvalue weighted by molar-refractivity contribution is 5.65. The summed E-state index contributed by atoms with van der Waals surface area (Å²) in [6.45, 7) is 1.93.